The van der Waals surface area contributed by atoms with E-state index < -0.39 is 75.4 Å². The van der Waals surface area contributed by atoms with Crippen molar-refractivity contribution in [2.24, 2.45) is 41.4 Å². The Morgan fingerprint density at radius 3 is 0.732 bits per heavy atom. The molecule has 1 unspecified atom stereocenters. The average molecular weight is 942 g/mol. The molecule has 0 amide bonds. The molecule has 1 aromatic carbocycles. The van der Waals surface area contributed by atoms with Gasteiger partial charge in [0.25, 0.3) is 0 Å². The first kappa shape index (κ1) is 46.3. The molecule has 320 valence electrons. The number of halogens is 1. The smallest absolute Gasteiger partial charge is 0.373 e. The van der Waals surface area contributed by atoms with E-state index in [0.717, 1.165) is 5.56 Å². The van der Waals surface area contributed by atoms with Gasteiger partial charge in [-0.1, -0.05) is 127 Å². The first-order chi connectivity index (χ1) is 25.9. The molecule has 6 saturated heterocycles. The van der Waals surface area contributed by atoms with Gasteiger partial charge in [0.05, 0.1) is 0 Å². The van der Waals surface area contributed by atoms with Gasteiger partial charge in [-0.05, 0) is 47.0 Å². The van der Waals surface area contributed by atoms with E-state index in [-0.39, 0.29) is 41.4 Å². The second-order valence-corrected chi connectivity index (χ2v) is 44.4. The van der Waals surface area contributed by atoms with Gasteiger partial charge in [0.15, 0.2) is 0 Å². The molecular formula is C35H69ClO12Si8. The number of alkyl halides is 1. The fourth-order valence-electron chi connectivity index (χ4n) is 8.64. The summed E-state index contributed by atoms with van der Waals surface area (Å²) in [7, 11) is -32.4. The van der Waals surface area contributed by atoms with Crippen LogP contribution in [0.25, 0.3) is 0 Å². The van der Waals surface area contributed by atoms with Crippen LogP contribution < -0.4 is 0 Å². The summed E-state index contributed by atoms with van der Waals surface area (Å²) in [5, 5.41) is -0.909. The van der Waals surface area contributed by atoms with Crippen LogP contribution in [0.15, 0.2) is 30.3 Å². The molecule has 0 aliphatic carbocycles. The van der Waals surface area contributed by atoms with E-state index in [1.54, 1.807) is 0 Å². The molecule has 6 fully saturated rings. The Balaban J connectivity index is 1.79. The van der Waals surface area contributed by atoms with Gasteiger partial charge in [-0.25, -0.2) is 0 Å². The highest BCUT2D eigenvalue weighted by Crippen LogP contribution is 2.57. The van der Waals surface area contributed by atoms with Gasteiger partial charge in [0, 0.05) is 42.3 Å². The van der Waals surface area contributed by atoms with Crippen molar-refractivity contribution >= 4 is 82.0 Å². The molecule has 8 bridgehead atoms. The minimum atomic E-state index is -4.37. The second kappa shape index (κ2) is 16.8. The molecule has 0 N–H and O–H groups in total. The van der Waals surface area contributed by atoms with Crippen LogP contribution in [0.3, 0.4) is 0 Å². The molecule has 0 radical (unpaired) electrons. The monoisotopic (exact) mass is 940 g/mol. The molecule has 7 rings (SSSR count). The molecule has 1 aromatic rings. The fourth-order valence-corrected chi connectivity index (χ4v) is 61.1. The van der Waals surface area contributed by atoms with E-state index in [2.05, 4.69) is 96.9 Å². The summed E-state index contributed by atoms with van der Waals surface area (Å²) < 4.78 is 93.5. The molecule has 21 heteroatoms. The standard InChI is InChI=1S/C35H69ClO12Si8/c1-27(2)20-49-37-50(21-28(3)4)40-53(24-31(9)10)42-51(38-49,22-29(5)6)44-55(26-33(13)14)45-52(39-49,23-30(7)8)43-54(41-50,25-32(11)12)47-56(46-53,48-55)35(36)34-18-16-15-17-19-34/h15-19,27-33,35H,20-26H2,1-14H3. The van der Waals surface area contributed by atoms with Crippen LogP contribution in [0.1, 0.15) is 107 Å². The summed E-state index contributed by atoms with van der Waals surface area (Å²) >= 11 is 7.87. The Morgan fingerprint density at radius 2 is 0.536 bits per heavy atom. The van der Waals surface area contributed by atoms with Gasteiger partial charge in [0.1, 0.15) is 5.00 Å². The minimum absolute atomic E-state index is 0.0669. The molecule has 0 saturated carbocycles. The maximum absolute atomic E-state index is 7.87. The molecule has 0 spiro atoms. The Morgan fingerprint density at radius 1 is 0.339 bits per heavy atom. The largest absolute Gasteiger partial charge is 0.502 e. The van der Waals surface area contributed by atoms with Gasteiger partial charge >= 0.3 is 70.4 Å². The number of hydrogen-bond donors (Lipinski definition) is 0. The van der Waals surface area contributed by atoms with E-state index in [0.29, 0.717) is 42.3 Å². The first-order valence-electron chi connectivity index (χ1n) is 21.0. The summed E-state index contributed by atoms with van der Waals surface area (Å²) in [6.45, 7) is 30.1. The van der Waals surface area contributed by atoms with E-state index in [1.165, 1.54) is 0 Å². The molecule has 12 nitrogen and oxygen atoms in total. The van der Waals surface area contributed by atoms with Crippen LogP contribution in [-0.4, -0.2) is 70.4 Å². The Bertz CT molecular complexity index is 1360. The normalized spacial score (nSPS) is 40.2. The van der Waals surface area contributed by atoms with Crippen molar-refractivity contribution in [1.29, 1.82) is 0 Å². The van der Waals surface area contributed by atoms with Crippen molar-refractivity contribution in [1.82, 2.24) is 0 Å². The van der Waals surface area contributed by atoms with Crippen LogP contribution in [-0.2, 0) is 49.4 Å². The van der Waals surface area contributed by atoms with Crippen LogP contribution in [0.4, 0.5) is 0 Å². The van der Waals surface area contributed by atoms with Crippen LogP contribution >= 0.6 is 11.6 Å². The molecular weight excluding hydrogens is 873 g/mol. The van der Waals surface area contributed by atoms with Crippen molar-refractivity contribution in [3.63, 3.8) is 0 Å². The highest BCUT2D eigenvalue weighted by atomic mass is 35.5. The van der Waals surface area contributed by atoms with Gasteiger partial charge in [0.2, 0.25) is 0 Å². The zero-order valence-corrected chi connectivity index (χ0v) is 45.0. The predicted molar refractivity (Wildman–Crippen MR) is 232 cm³/mol. The maximum atomic E-state index is 7.87. The van der Waals surface area contributed by atoms with Gasteiger partial charge in [-0.3, -0.25) is 0 Å². The average Bonchev–Trinajstić information content (AvgIpc) is 2.94. The van der Waals surface area contributed by atoms with Crippen molar-refractivity contribution < 1.29 is 49.4 Å². The van der Waals surface area contributed by atoms with Gasteiger partial charge < -0.3 is 49.4 Å². The van der Waals surface area contributed by atoms with E-state index >= 15 is 0 Å². The quantitative estimate of drug-likeness (QED) is 0.116. The minimum Gasteiger partial charge on any atom is -0.373 e. The molecule has 0 aromatic heterocycles. The predicted octanol–water partition coefficient (Wildman–Crippen LogP) is 9.88. The molecule has 6 aliphatic heterocycles. The first-order valence-corrected chi connectivity index (χ1v) is 36.8. The van der Waals surface area contributed by atoms with Gasteiger partial charge in [-0.15, -0.1) is 11.6 Å². The lowest BCUT2D eigenvalue weighted by molar-refractivity contribution is -0.0346. The summed E-state index contributed by atoms with van der Waals surface area (Å²) in [6, 6.07) is 12.9. The fraction of sp³-hybridized carbons (Fsp3) is 0.829. The molecule has 6 aliphatic rings. The Labute approximate surface area is 351 Å². The van der Waals surface area contributed by atoms with E-state index in [4.69, 9.17) is 61.0 Å². The topological polar surface area (TPSA) is 111 Å². The molecule has 56 heavy (non-hydrogen) atoms. The van der Waals surface area contributed by atoms with Crippen LogP contribution in [0, 0.1) is 41.4 Å². The zero-order valence-electron chi connectivity index (χ0n) is 36.2. The van der Waals surface area contributed by atoms with Crippen molar-refractivity contribution in [2.45, 2.75) is 144 Å². The number of rotatable bonds is 16. The highest BCUT2D eigenvalue weighted by Gasteiger charge is 2.84. The summed E-state index contributed by atoms with van der Waals surface area (Å²) in [6.07, 6.45) is 0. The maximum Gasteiger partial charge on any atom is 0.502 e. The lowest BCUT2D eigenvalue weighted by atomic mass is 10.2. The number of hydrogen-bond acceptors (Lipinski definition) is 12. The lowest BCUT2D eigenvalue weighted by Crippen LogP contribution is -2.89. The highest BCUT2D eigenvalue weighted by molar-refractivity contribution is 7.04. The summed E-state index contributed by atoms with van der Waals surface area (Å²) in [5.74, 6) is 0.607. The zero-order chi connectivity index (χ0) is 41.2. The Hall–Kier alpha value is 0.765. The second-order valence-electron chi connectivity index (χ2n) is 19.6. The van der Waals surface area contributed by atoms with Crippen LogP contribution in [0.5, 0.6) is 0 Å². The SMILES string of the molecule is CC(C)C[Si]12O[Si]3(CC(C)C)O[Si]4(CC(C)C)O[Si](CC(C)C)(O1)O[Si]1(CC(C)C)O[Si](CC(C)C)(O2)O[Si](CC(C)C)(O3)O[Si](C(Cl)c2ccccc2)(O4)O1. The Kier molecular flexibility index (Phi) is 13.9. The van der Waals surface area contributed by atoms with Crippen molar-refractivity contribution in [2.75, 3.05) is 0 Å². The van der Waals surface area contributed by atoms with E-state index in [9.17, 15) is 0 Å². The van der Waals surface area contributed by atoms with Gasteiger partial charge in [-0.2, -0.15) is 0 Å². The van der Waals surface area contributed by atoms with Crippen molar-refractivity contribution in [3.05, 3.63) is 35.9 Å². The number of benzene rings is 1. The van der Waals surface area contributed by atoms with Crippen molar-refractivity contribution in [3.8, 4) is 0 Å². The summed E-state index contributed by atoms with van der Waals surface area (Å²) in [4.78, 5) is 0. The van der Waals surface area contributed by atoms with Crippen LogP contribution in [0.2, 0.25) is 42.3 Å². The third-order valence-corrected chi connectivity index (χ3v) is 50.5. The lowest BCUT2D eigenvalue weighted by Gasteiger charge is -2.64. The third kappa shape index (κ3) is 10.0. The van der Waals surface area contributed by atoms with E-state index in [1.807, 2.05) is 30.3 Å². The third-order valence-electron chi connectivity index (χ3n) is 9.70. The molecule has 1 atom stereocenters. The molecule has 6 heterocycles. The summed E-state index contributed by atoms with van der Waals surface area (Å²) in [5.41, 5.74) is 0.781.